The molecule has 0 radical (unpaired) electrons. The summed E-state index contributed by atoms with van der Waals surface area (Å²) >= 11 is 3.33. The van der Waals surface area contributed by atoms with Gasteiger partial charge >= 0.3 is 0 Å². The summed E-state index contributed by atoms with van der Waals surface area (Å²) in [4.78, 5) is 17.0. The molecule has 2 N–H and O–H groups in total. The standard InChI is InChI=1S/C13H17BrN2O2/c14-12-5-1-4-11(7-12)13(17)16-18-9-10-3-2-6-15-8-10/h1,4-5,7,10,15H,2-3,6,8-9H2,(H,16,17). The predicted octanol–water partition coefficient (Wildman–Crippen LogP) is 2.11. The van der Waals surface area contributed by atoms with Gasteiger partial charge in [0.2, 0.25) is 0 Å². The molecule has 18 heavy (non-hydrogen) atoms. The zero-order chi connectivity index (χ0) is 12.8. The van der Waals surface area contributed by atoms with E-state index in [1.54, 1.807) is 12.1 Å². The second-order valence-electron chi connectivity index (χ2n) is 4.46. The fraction of sp³-hybridized carbons (Fsp3) is 0.462. The van der Waals surface area contributed by atoms with Gasteiger partial charge in [-0.3, -0.25) is 9.63 Å². The Balaban J connectivity index is 1.74. The number of amides is 1. The Bertz CT molecular complexity index is 406. The number of piperidine rings is 1. The lowest BCUT2D eigenvalue weighted by molar-refractivity contribution is 0.0128. The zero-order valence-electron chi connectivity index (χ0n) is 10.1. The first kappa shape index (κ1) is 13.5. The van der Waals surface area contributed by atoms with E-state index in [2.05, 4.69) is 26.7 Å². The maximum atomic E-state index is 11.8. The van der Waals surface area contributed by atoms with Gasteiger partial charge in [-0.25, -0.2) is 5.48 Å². The van der Waals surface area contributed by atoms with Crippen LogP contribution in [0.2, 0.25) is 0 Å². The quantitative estimate of drug-likeness (QED) is 0.837. The van der Waals surface area contributed by atoms with Gasteiger partial charge in [-0.05, 0) is 43.5 Å². The molecule has 1 fully saturated rings. The van der Waals surface area contributed by atoms with Gasteiger partial charge in [0.1, 0.15) is 0 Å². The van der Waals surface area contributed by atoms with E-state index in [1.807, 2.05) is 12.1 Å². The topological polar surface area (TPSA) is 50.4 Å². The molecule has 1 unspecified atom stereocenters. The minimum atomic E-state index is -0.208. The summed E-state index contributed by atoms with van der Waals surface area (Å²) in [5.41, 5.74) is 3.07. The van der Waals surface area contributed by atoms with Crippen molar-refractivity contribution in [2.75, 3.05) is 19.7 Å². The highest BCUT2D eigenvalue weighted by atomic mass is 79.9. The Hall–Kier alpha value is -0.910. The summed E-state index contributed by atoms with van der Waals surface area (Å²) in [6, 6.07) is 7.22. The Morgan fingerprint density at radius 1 is 1.56 bits per heavy atom. The fourth-order valence-electron chi connectivity index (χ4n) is 1.98. The lowest BCUT2D eigenvalue weighted by Gasteiger charge is -2.22. The molecule has 0 aromatic heterocycles. The molecule has 4 nitrogen and oxygen atoms in total. The van der Waals surface area contributed by atoms with Crippen molar-refractivity contribution in [1.29, 1.82) is 0 Å². The lowest BCUT2D eigenvalue weighted by atomic mass is 10.0. The molecule has 1 aromatic carbocycles. The summed E-state index contributed by atoms with van der Waals surface area (Å²) in [5.74, 6) is 0.279. The van der Waals surface area contributed by atoms with Crippen LogP contribution < -0.4 is 10.8 Å². The first-order chi connectivity index (χ1) is 8.75. The smallest absolute Gasteiger partial charge is 0.274 e. The molecule has 98 valence electrons. The molecule has 1 aromatic rings. The highest BCUT2D eigenvalue weighted by Gasteiger charge is 2.14. The Kier molecular flexibility index (Phi) is 5.16. The summed E-state index contributed by atoms with van der Waals surface area (Å²) in [7, 11) is 0. The van der Waals surface area contributed by atoms with E-state index < -0.39 is 0 Å². The number of halogens is 1. The van der Waals surface area contributed by atoms with E-state index in [9.17, 15) is 4.79 Å². The Morgan fingerprint density at radius 2 is 2.44 bits per heavy atom. The van der Waals surface area contributed by atoms with Crippen molar-refractivity contribution in [3.05, 3.63) is 34.3 Å². The summed E-state index contributed by atoms with van der Waals surface area (Å²) in [5, 5.41) is 3.31. The number of hydrogen-bond donors (Lipinski definition) is 2. The van der Waals surface area contributed by atoms with Gasteiger partial charge in [-0.15, -0.1) is 0 Å². The predicted molar refractivity (Wildman–Crippen MR) is 73.2 cm³/mol. The zero-order valence-corrected chi connectivity index (χ0v) is 11.7. The summed E-state index contributed by atoms with van der Waals surface area (Å²) < 4.78 is 0.881. The van der Waals surface area contributed by atoms with E-state index in [1.165, 1.54) is 6.42 Å². The molecule has 1 saturated heterocycles. The van der Waals surface area contributed by atoms with E-state index in [0.29, 0.717) is 18.1 Å². The minimum Gasteiger partial charge on any atom is -0.316 e. The first-order valence-electron chi connectivity index (χ1n) is 6.14. The van der Waals surface area contributed by atoms with Crippen LogP contribution in [-0.2, 0) is 4.84 Å². The second-order valence-corrected chi connectivity index (χ2v) is 5.38. The van der Waals surface area contributed by atoms with Crippen LogP contribution >= 0.6 is 15.9 Å². The van der Waals surface area contributed by atoms with Gasteiger partial charge in [0.05, 0.1) is 6.61 Å². The van der Waals surface area contributed by atoms with Crippen molar-refractivity contribution in [3.8, 4) is 0 Å². The average molecular weight is 313 g/mol. The third-order valence-corrected chi connectivity index (χ3v) is 3.46. The molecular weight excluding hydrogens is 296 g/mol. The third kappa shape index (κ3) is 4.08. The van der Waals surface area contributed by atoms with Gasteiger partial charge in [-0.1, -0.05) is 22.0 Å². The lowest BCUT2D eigenvalue weighted by Crippen LogP contribution is -2.35. The van der Waals surface area contributed by atoms with Gasteiger partial charge in [0, 0.05) is 16.6 Å². The van der Waals surface area contributed by atoms with Crippen LogP contribution in [0.3, 0.4) is 0 Å². The van der Waals surface area contributed by atoms with Gasteiger partial charge < -0.3 is 5.32 Å². The van der Waals surface area contributed by atoms with Crippen LogP contribution in [0.4, 0.5) is 0 Å². The number of hydroxylamine groups is 1. The van der Waals surface area contributed by atoms with Crippen LogP contribution in [-0.4, -0.2) is 25.6 Å². The SMILES string of the molecule is O=C(NOCC1CCCNC1)c1cccc(Br)c1. The van der Waals surface area contributed by atoms with Crippen molar-refractivity contribution < 1.29 is 9.63 Å². The normalized spacial score (nSPS) is 19.5. The van der Waals surface area contributed by atoms with E-state index in [-0.39, 0.29) is 5.91 Å². The molecule has 2 rings (SSSR count). The molecular formula is C13H17BrN2O2. The first-order valence-corrected chi connectivity index (χ1v) is 6.93. The molecule has 1 aliphatic rings. The highest BCUT2D eigenvalue weighted by Crippen LogP contribution is 2.12. The monoisotopic (exact) mass is 312 g/mol. The van der Waals surface area contributed by atoms with Crippen molar-refractivity contribution in [3.63, 3.8) is 0 Å². The molecule has 1 amide bonds. The van der Waals surface area contributed by atoms with Gasteiger partial charge in [0.25, 0.3) is 5.91 Å². The average Bonchev–Trinajstić information content (AvgIpc) is 2.40. The maximum absolute atomic E-state index is 11.8. The van der Waals surface area contributed by atoms with E-state index >= 15 is 0 Å². The van der Waals surface area contributed by atoms with Crippen molar-refractivity contribution in [2.45, 2.75) is 12.8 Å². The number of hydrogen-bond acceptors (Lipinski definition) is 3. The van der Waals surface area contributed by atoms with Crippen molar-refractivity contribution in [1.82, 2.24) is 10.8 Å². The maximum Gasteiger partial charge on any atom is 0.274 e. The van der Waals surface area contributed by atoms with E-state index in [0.717, 1.165) is 24.0 Å². The number of benzene rings is 1. The molecule has 1 atom stereocenters. The molecule has 0 aliphatic carbocycles. The second kappa shape index (κ2) is 6.87. The molecule has 1 heterocycles. The van der Waals surface area contributed by atoms with E-state index in [4.69, 9.17) is 4.84 Å². The molecule has 5 heteroatoms. The summed E-state index contributed by atoms with van der Waals surface area (Å²) in [6.07, 6.45) is 2.33. The minimum absolute atomic E-state index is 0.208. The van der Waals surface area contributed by atoms with Crippen molar-refractivity contribution in [2.24, 2.45) is 5.92 Å². The highest BCUT2D eigenvalue weighted by molar-refractivity contribution is 9.10. The third-order valence-electron chi connectivity index (χ3n) is 2.97. The number of carbonyl (C=O) groups is 1. The Morgan fingerprint density at radius 3 is 3.17 bits per heavy atom. The van der Waals surface area contributed by atoms with Gasteiger partial charge in [-0.2, -0.15) is 0 Å². The van der Waals surface area contributed by atoms with Crippen molar-refractivity contribution >= 4 is 21.8 Å². The van der Waals surface area contributed by atoms with Crippen LogP contribution in [0.1, 0.15) is 23.2 Å². The van der Waals surface area contributed by atoms with Crippen LogP contribution in [0.15, 0.2) is 28.7 Å². The van der Waals surface area contributed by atoms with Crippen LogP contribution in [0.25, 0.3) is 0 Å². The Labute approximate surface area is 115 Å². The van der Waals surface area contributed by atoms with Crippen LogP contribution in [0, 0.1) is 5.92 Å². The fourth-order valence-corrected chi connectivity index (χ4v) is 2.38. The molecule has 0 saturated carbocycles. The van der Waals surface area contributed by atoms with Gasteiger partial charge in [0.15, 0.2) is 0 Å². The number of nitrogens with one attached hydrogen (secondary N) is 2. The molecule has 0 bridgehead atoms. The van der Waals surface area contributed by atoms with Crippen LogP contribution in [0.5, 0.6) is 0 Å². The number of rotatable bonds is 4. The largest absolute Gasteiger partial charge is 0.316 e. The number of carbonyl (C=O) groups excluding carboxylic acids is 1. The molecule has 0 spiro atoms. The molecule has 1 aliphatic heterocycles. The summed E-state index contributed by atoms with van der Waals surface area (Å²) in [6.45, 7) is 2.61.